The van der Waals surface area contributed by atoms with E-state index in [4.69, 9.17) is 12.2 Å². The van der Waals surface area contributed by atoms with Crippen molar-refractivity contribution in [1.82, 2.24) is 15.3 Å². The molecule has 5 heteroatoms. The van der Waals surface area contributed by atoms with Crippen LogP contribution in [-0.4, -0.2) is 21.6 Å². The summed E-state index contributed by atoms with van der Waals surface area (Å²) in [6.45, 7) is 2.83. The van der Waals surface area contributed by atoms with Gasteiger partial charge in [-0.3, -0.25) is 0 Å². The van der Waals surface area contributed by atoms with Crippen molar-refractivity contribution in [2.75, 3.05) is 11.9 Å². The summed E-state index contributed by atoms with van der Waals surface area (Å²) in [5.74, 6) is 0. The third-order valence-corrected chi connectivity index (χ3v) is 2.87. The first-order valence-corrected chi connectivity index (χ1v) is 6.24. The number of para-hydroxylation sites is 1. The Morgan fingerprint density at radius 3 is 2.94 bits per heavy atom. The molecule has 0 spiro atoms. The third-order valence-electron chi connectivity index (χ3n) is 2.63. The van der Waals surface area contributed by atoms with Crippen molar-refractivity contribution in [3.05, 3.63) is 48.0 Å². The van der Waals surface area contributed by atoms with Gasteiger partial charge in [0.1, 0.15) is 0 Å². The molecule has 3 N–H and O–H groups in total. The number of aromatic nitrogens is 2. The van der Waals surface area contributed by atoms with E-state index in [1.165, 1.54) is 5.56 Å². The summed E-state index contributed by atoms with van der Waals surface area (Å²) in [5.41, 5.74) is 3.31. The Hall–Kier alpha value is -1.88. The molecule has 0 aliphatic rings. The molecule has 94 valence electrons. The van der Waals surface area contributed by atoms with Gasteiger partial charge in [0, 0.05) is 30.5 Å². The summed E-state index contributed by atoms with van der Waals surface area (Å²) in [6, 6.07) is 8.06. The molecule has 0 unspecified atom stereocenters. The van der Waals surface area contributed by atoms with Crippen molar-refractivity contribution in [3.63, 3.8) is 0 Å². The topological polar surface area (TPSA) is 52.7 Å². The quantitative estimate of drug-likeness (QED) is 0.738. The SMILES string of the molecule is Cc1ccccc1NC(=S)NCCc1cnc[nH]1. The van der Waals surface area contributed by atoms with Crippen LogP contribution in [0.3, 0.4) is 0 Å². The van der Waals surface area contributed by atoms with E-state index in [0.717, 1.165) is 24.3 Å². The molecule has 4 nitrogen and oxygen atoms in total. The Bertz CT molecular complexity index is 507. The Morgan fingerprint density at radius 2 is 2.22 bits per heavy atom. The Morgan fingerprint density at radius 1 is 1.39 bits per heavy atom. The zero-order chi connectivity index (χ0) is 12.8. The van der Waals surface area contributed by atoms with E-state index in [-0.39, 0.29) is 0 Å². The minimum atomic E-state index is 0.642. The van der Waals surface area contributed by atoms with Crippen molar-refractivity contribution in [2.24, 2.45) is 0 Å². The van der Waals surface area contributed by atoms with Gasteiger partial charge in [-0.1, -0.05) is 18.2 Å². The van der Waals surface area contributed by atoms with E-state index in [2.05, 4.69) is 33.6 Å². The lowest BCUT2D eigenvalue weighted by atomic mass is 10.2. The molecule has 1 aromatic heterocycles. The molecular weight excluding hydrogens is 244 g/mol. The van der Waals surface area contributed by atoms with Gasteiger partial charge in [-0.25, -0.2) is 4.98 Å². The fraction of sp³-hybridized carbons (Fsp3) is 0.231. The largest absolute Gasteiger partial charge is 0.362 e. The molecule has 0 aliphatic heterocycles. The molecule has 0 saturated heterocycles. The molecule has 2 rings (SSSR count). The van der Waals surface area contributed by atoms with Crippen LogP contribution in [-0.2, 0) is 6.42 Å². The minimum absolute atomic E-state index is 0.642. The zero-order valence-corrected chi connectivity index (χ0v) is 11.1. The average Bonchev–Trinajstić information content (AvgIpc) is 2.85. The van der Waals surface area contributed by atoms with Crippen LogP contribution in [0.15, 0.2) is 36.8 Å². The molecule has 0 amide bonds. The van der Waals surface area contributed by atoms with Crippen LogP contribution < -0.4 is 10.6 Å². The van der Waals surface area contributed by atoms with Gasteiger partial charge in [-0.2, -0.15) is 0 Å². The first-order valence-electron chi connectivity index (χ1n) is 5.83. The molecule has 1 aromatic carbocycles. The summed E-state index contributed by atoms with van der Waals surface area (Å²) in [7, 11) is 0. The number of aryl methyl sites for hydroxylation is 1. The molecule has 1 heterocycles. The number of imidazole rings is 1. The number of hydrogen-bond donors (Lipinski definition) is 3. The number of rotatable bonds is 4. The lowest BCUT2D eigenvalue weighted by Gasteiger charge is -2.11. The fourth-order valence-electron chi connectivity index (χ4n) is 1.61. The van der Waals surface area contributed by atoms with E-state index in [1.54, 1.807) is 6.33 Å². The second kappa shape index (κ2) is 6.16. The van der Waals surface area contributed by atoms with Gasteiger partial charge >= 0.3 is 0 Å². The van der Waals surface area contributed by atoms with Crippen LogP contribution in [0.1, 0.15) is 11.3 Å². The highest BCUT2D eigenvalue weighted by atomic mass is 32.1. The van der Waals surface area contributed by atoms with Crippen molar-refractivity contribution < 1.29 is 0 Å². The van der Waals surface area contributed by atoms with Crippen LogP contribution in [0, 0.1) is 6.92 Å². The number of aromatic amines is 1. The van der Waals surface area contributed by atoms with Crippen molar-refractivity contribution in [2.45, 2.75) is 13.3 Å². The van der Waals surface area contributed by atoms with Gasteiger partial charge in [-0.05, 0) is 30.8 Å². The van der Waals surface area contributed by atoms with Gasteiger partial charge in [0.15, 0.2) is 5.11 Å². The molecule has 2 aromatic rings. The zero-order valence-electron chi connectivity index (χ0n) is 10.2. The summed E-state index contributed by atoms with van der Waals surface area (Å²) in [6.07, 6.45) is 4.37. The number of thiocarbonyl (C=S) groups is 1. The molecule has 0 bridgehead atoms. The third kappa shape index (κ3) is 3.56. The highest BCUT2D eigenvalue weighted by Gasteiger charge is 2.00. The van der Waals surface area contributed by atoms with Gasteiger partial charge in [0.2, 0.25) is 0 Å². The number of nitrogens with zero attached hydrogens (tertiary/aromatic N) is 1. The Balaban J connectivity index is 1.77. The maximum Gasteiger partial charge on any atom is 0.170 e. The van der Waals surface area contributed by atoms with Crippen molar-refractivity contribution in [1.29, 1.82) is 0 Å². The molecule has 0 fully saturated rings. The fourth-order valence-corrected chi connectivity index (χ4v) is 1.82. The highest BCUT2D eigenvalue weighted by Crippen LogP contribution is 2.12. The van der Waals surface area contributed by atoms with E-state index in [9.17, 15) is 0 Å². The minimum Gasteiger partial charge on any atom is -0.362 e. The van der Waals surface area contributed by atoms with E-state index in [0.29, 0.717) is 5.11 Å². The van der Waals surface area contributed by atoms with Gasteiger partial charge < -0.3 is 15.6 Å². The number of nitrogens with one attached hydrogen (secondary N) is 3. The second-order valence-electron chi connectivity index (χ2n) is 4.02. The van der Waals surface area contributed by atoms with Crippen molar-refractivity contribution >= 4 is 23.0 Å². The Kier molecular flexibility index (Phi) is 4.30. The van der Waals surface area contributed by atoms with Crippen LogP contribution in [0.4, 0.5) is 5.69 Å². The maximum atomic E-state index is 5.24. The first-order chi connectivity index (χ1) is 8.75. The van der Waals surface area contributed by atoms with E-state index < -0.39 is 0 Å². The summed E-state index contributed by atoms with van der Waals surface area (Å²) >= 11 is 5.24. The van der Waals surface area contributed by atoms with Gasteiger partial charge in [0.05, 0.1) is 6.33 Å². The molecule has 0 radical (unpaired) electrons. The normalized spacial score (nSPS) is 10.1. The lowest BCUT2D eigenvalue weighted by Crippen LogP contribution is -2.30. The predicted octanol–water partition coefficient (Wildman–Crippen LogP) is 2.25. The summed E-state index contributed by atoms with van der Waals surface area (Å²) in [4.78, 5) is 7.02. The molecular formula is C13H16N4S. The number of H-pyrrole nitrogens is 1. The highest BCUT2D eigenvalue weighted by molar-refractivity contribution is 7.80. The van der Waals surface area contributed by atoms with Gasteiger partial charge in [-0.15, -0.1) is 0 Å². The van der Waals surface area contributed by atoms with Crippen LogP contribution in [0.5, 0.6) is 0 Å². The average molecular weight is 260 g/mol. The maximum absolute atomic E-state index is 5.24. The van der Waals surface area contributed by atoms with Crippen LogP contribution in [0.25, 0.3) is 0 Å². The summed E-state index contributed by atoms with van der Waals surface area (Å²) in [5, 5.41) is 7.00. The predicted molar refractivity (Wildman–Crippen MR) is 77.7 cm³/mol. The Labute approximate surface area is 112 Å². The number of anilines is 1. The van der Waals surface area contributed by atoms with E-state index in [1.807, 2.05) is 24.4 Å². The monoisotopic (exact) mass is 260 g/mol. The first kappa shape index (κ1) is 12.6. The molecule has 0 saturated carbocycles. The molecule has 18 heavy (non-hydrogen) atoms. The van der Waals surface area contributed by atoms with Crippen LogP contribution >= 0.6 is 12.2 Å². The van der Waals surface area contributed by atoms with E-state index >= 15 is 0 Å². The summed E-state index contributed by atoms with van der Waals surface area (Å²) < 4.78 is 0. The lowest BCUT2D eigenvalue weighted by molar-refractivity contribution is 0.853. The van der Waals surface area contributed by atoms with Crippen LogP contribution in [0.2, 0.25) is 0 Å². The number of hydrogen-bond acceptors (Lipinski definition) is 2. The second-order valence-corrected chi connectivity index (χ2v) is 4.43. The standard InChI is InChI=1S/C13H16N4S/c1-10-4-2-3-5-12(10)17-13(18)15-7-6-11-8-14-9-16-11/h2-5,8-9H,6-7H2,1H3,(H,14,16)(H2,15,17,18). The number of benzene rings is 1. The molecule has 0 atom stereocenters. The smallest absolute Gasteiger partial charge is 0.170 e. The van der Waals surface area contributed by atoms with Crippen molar-refractivity contribution in [3.8, 4) is 0 Å². The molecule has 0 aliphatic carbocycles. The van der Waals surface area contributed by atoms with Gasteiger partial charge in [0.25, 0.3) is 0 Å².